The highest BCUT2D eigenvalue weighted by Crippen LogP contribution is 2.49. The largest absolute Gasteiger partial charge is 0.497 e. The molecule has 0 aliphatic carbocycles. The number of rotatable bonds is 7. The van der Waals surface area contributed by atoms with E-state index in [-0.39, 0.29) is 46.6 Å². The van der Waals surface area contributed by atoms with Crippen molar-refractivity contribution in [2.75, 3.05) is 31.5 Å². The average Bonchev–Trinajstić information content (AvgIpc) is 3.16. The van der Waals surface area contributed by atoms with Crippen LogP contribution in [0.25, 0.3) is 0 Å². The maximum Gasteiger partial charge on any atom is 0.255 e. The van der Waals surface area contributed by atoms with E-state index in [1.54, 1.807) is 54.5 Å². The molecule has 4 N–H and O–H groups in total. The van der Waals surface area contributed by atoms with Crippen molar-refractivity contribution >= 4 is 21.4 Å². The third kappa shape index (κ3) is 4.24. The first-order valence-electron chi connectivity index (χ1n) is 10.6. The Hall–Kier alpha value is -4.17. The number of ether oxygens (including phenoxy) is 3. The predicted octanol–water partition coefficient (Wildman–Crippen LogP) is 1.90. The summed E-state index contributed by atoms with van der Waals surface area (Å²) in [6.45, 7) is -0.351. The van der Waals surface area contributed by atoms with Gasteiger partial charge >= 0.3 is 0 Å². The zero-order valence-electron chi connectivity index (χ0n) is 19.1. The maximum atomic E-state index is 13.2. The number of nitrogens with two attached hydrogens (primary N) is 2. The van der Waals surface area contributed by atoms with Crippen LogP contribution in [0.1, 0.15) is 17.9 Å². The van der Waals surface area contributed by atoms with Gasteiger partial charge in [-0.2, -0.15) is 5.26 Å². The summed E-state index contributed by atoms with van der Waals surface area (Å²) >= 11 is 0. The van der Waals surface area contributed by atoms with Gasteiger partial charge in [-0.05, 0) is 42.0 Å². The van der Waals surface area contributed by atoms with Crippen molar-refractivity contribution in [3.63, 3.8) is 0 Å². The van der Waals surface area contributed by atoms with Crippen LogP contribution in [0.2, 0.25) is 0 Å². The van der Waals surface area contributed by atoms with E-state index in [2.05, 4.69) is 6.07 Å². The first-order chi connectivity index (χ1) is 16.7. The number of carbonyl (C=O) groups excluding carboxylic acids is 1. The highest BCUT2D eigenvalue weighted by atomic mass is 32.2. The molecule has 11 heteroatoms. The second-order valence-corrected chi connectivity index (χ2v) is 10.00. The lowest BCUT2D eigenvalue weighted by Crippen LogP contribution is -2.34. The quantitative estimate of drug-likeness (QED) is 0.584. The van der Waals surface area contributed by atoms with Crippen molar-refractivity contribution < 1.29 is 27.4 Å². The van der Waals surface area contributed by atoms with Gasteiger partial charge in [0, 0.05) is 17.8 Å². The lowest BCUT2D eigenvalue weighted by molar-refractivity contribution is -0.119. The number of nitriles is 1. The third-order valence-corrected chi connectivity index (χ3v) is 7.79. The molecule has 2 aromatic rings. The van der Waals surface area contributed by atoms with Gasteiger partial charge in [-0.25, -0.2) is 8.42 Å². The molecule has 0 unspecified atom stereocenters. The molecule has 0 radical (unpaired) electrons. The molecule has 2 aliphatic heterocycles. The highest BCUT2D eigenvalue weighted by molar-refractivity contribution is 7.95. The van der Waals surface area contributed by atoms with Gasteiger partial charge < -0.3 is 25.7 Å². The van der Waals surface area contributed by atoms with Crippen LogP contribution in [-0.2, 0) is 14.6 Å². The number of hydrogen-bond donors (Lipinski definition) is 2. The molecule has 4 rings (SSSR count). The van der Waals surface area contributed by atoms with Gasteiger partial charge in [0.1, 0.15) is 11.6 Å². The predicted molar refractivity (Wildman–Crippen MR) is 128 cm³/mol. The van der Waals surface area contributed by atoms with Gasteiger partial charge in [0.15, 0.2) is 27.9 Å². The van der Waals surface area contributed by atoms with Crippen LogP contribution in [0.4, 0.5) is 5.69 Å². The van der Waals surface area contributed by atoms with Crippen LogP contribution in [0.5, 0.6) is 17.2 Å². The Labute approximate surface area is 202 Å². The maximum absolute atomic E-state index is 13.2. The van der Waals surface area contributed by atoms with Crippen molar-refractivity contribution in [1.29, 1.82) is 5.26 Å². The van der Waals surface area contributed by atoms with Crippen LogP contribution >= 0.6 is 0 Å². The second kappa shape index (κ2) is 9.23. The molecule has 2 aliphatic rings. The average molecular weight is 497 g/mol. The summed E-state index contributed by atoms with van der Waals surface area (Å²) in [7, 11) is -0.718. The monoisotopic (exact) mass is 496 g/mol. The molecule has 0 fully saturated rings. The fourth-order valence-corrected chi connectivity index (χ4v) is 6.20. The summed E-state index contributed by atoms with van der Waals surface area (Å²) in [6, 6.07) is 13.8. The van der Waals surface area contributed by atoms with Gasteiger partial charge in [0.05, 0.1) is 42.4 Å². The summed E-state index contributed by atoms with van der Waals surface area (Å²) in [4.78, 5) is 12.9. The lowest BCUT2D eigenvalue weighted by atomic mass is 9.87. The van der Waals surface area contributed by atoms with E-state index in [4.69, 9.17) is 25.7 Å². The molecule has 0 aromatic heterocycles. The van der Waals surface area contributed by atoms with Crippen LogP contribution in [0, 0.1) is 11.3 Å². The van der Waals surface area contributed by atoms with E-state index in [9.17, 15) is 18.5 Å². The molecule has 1 atom stereocenters. The molecule has 182 valence electrons. The number of sulfone groups is 1. The fraction of sp³-hybridized carbons (Fsp3) is 0.250. The van der Waals surface area contributed by atoms with E-state index >= 15 is 0 Å². The van der Waals surface area contributed by atoms with Crippen LogP contribution in [0.15, 0.2) is 64.5 Å². The minimum Gasteiger partial charge on any atom is -0.497 e. The first-order valence-corrected chi connectivity index (χ1v) is 12.3. The minimum atomic E-state index is -3.68. The zero-order chi connectivity index (χ0) is 25.3. The molecule has 35 heavy (non-hydrogen) atoms. The van der Waals surface area contributed by atoms with Crippen molar-refractivity contribution in [1.82, 2.24) is 0 Å². The molecule has 0 saturated heterocycles. The first kappa shape index (κ1) is 24.0. The number of amides is 1. The summed E-state index contributed by atoms with van der Waals surface area (Å²) in [5.41, 5.74) is 13.4. The summed E-state index contributed by atoms with van der Waals surface area (Å²) < 4.78 is 42.5. The van der Waals surface area contributed by atoms with Crippen LogP contribution in [-0.4, -0.2) is 40.9 Å². The van der Waals surface area contributed by atoms with Gasteiger partial charge in [-0.15, -0.1) is 0 Å². The number of nitrogens with zero attached hydrogens (tertiary/aromatic N) is 2. The highest BCUT2D eigenvalue weighted by Gasteiger charge is 2.45. The minimum absolute atomic E-state index is 0.0935. The van der Waals surface area contributed by atoms with Gasteiger partial charge in [0.25, 0.3) is 5.91 Å². The Kier molecular flexibility index (Phi) is 6.32. The standard InChI is InChI=1S/C24H24N4O6S/c1-32-16-6-4-15(5-7-16)28-18-9-10-35(30,31)23(18)22(17(12-25)24(28)27)14-3-8-19(20(11-14)33-2)34-13-21(26)29/h3-8,11,22H,9-10,13,27H2,1-2H3,(H2,26,29)/t22-/m1/s1. The van der Waals surface area contributed by atoms with Crippen molar-refractivity contribution in [3.05, 3.63) is 70.0 Å². The third-order valence-electron chi connectivity index (χ3n) is 5.91. The number of methoxy groups -OCH3 is 2. The second-order valence-electron chi connectivity index (χ2n) is 7.92. The number of primary amides is 1. The smallest absolute Gasteiger partial charge is 0.255 e. The van der Waals surface area contributed by atoms with Gasteiger partial charge in [-0.1, -0.05) is 6.07 Å². The van der Waals surface area contributed by atoms with E-state index < -0.39 is 21.7 Å². The van der Waals surface area contributed by atoms with E-state index in [0.717, 1.165) is 0 Å². The molecular formula is C24H24N4O6S. The van der Waals surface area contributed by atoms with Crippen LogP contribution in [0.3, 0.4) is 0 Å². The summed E-state index contributed by atoms with van der Waals surface area (Å²) in [5, 5.41) is 10.1. The topological polar surface area (TPSA) is 158 Å². The van der Waals surface area contributed by atoms with Crippen molar-refractivity contribution in [3.8, 4) is 23.3 Å². The summed E-state index contributed by atoms with van der Waals surface area (Å²) in [5.74, 6) is -0.381. The van der Waals surface area contributed by atoms with E-state index in [1.165, 1.54) is 7.11 Å². The fourth-order valence-electron chi connectivity index (χ4n) is 4.35. The molecule has 0 spiro atoms. The number of carbonyl (C=O) groups is 1. The molecular weight excluding hydrogens is 472 g/mol. The Morgan fingerprint density at radius 1 is 1.14 bits per heavy atom. The Morgan fingerprint density at radius 3 is 2.46 bits per heavy atom. The lowest BCUT2D eigenvalue weighted by Gasteiger charge is -2.35. The molecule has 10 nitrogen and oxygen atoms in total. The molecule has 0 bridgehead atoms. The Bertz CT molecular complexity index is 1390. The Balaban J connectivity index is 1.87. The SMILES string of the molecule is COc1ccc(N2C(N)=C(C#N)[C@@H](c3ccc(OCC(N)=O)c(OC)c3)C3=C2CCS3(=O)=O)cc1. The van der Waals surface area contributed by atoms with Gasteiger partial charge in [0.2, 0.25) is 0 Å². The van der Waals surface area contributed by atoms with E-state index in [0.29, 0.717) is 22.7 Å². The van der Waals surface area contributed by atoms with E-state index in [1.807, 2.05) is 0 Å². The molecule has 1 amide bonds. The normalized spacial score (nSPS) is 18.7. The number of hydrogen-bond acceptors (Lipinski definition) is 9. The summed E-state index contributed by atoms with van der Waals surface area (Å²) in [6.07, 6.45) is 0.247. The van der Waals surface area contributed by atoms with Crippen molar-refractivity contribution in [2.45, 2.75) is 12.3 Å². The van der Waals surface area contributed by atoms with Gasteiger partial charge in [-0.3, -0.25) is 9.69 Å². The zero-order valence-corrected chi connectivity index (χ0v) is 20.0. The van der Waals surface area contributed by atoms with Crippen LogP contribution < -0.4 is 30.6 Å². The Morgan fingerprint density at radius 2 is 1.86 bits per heavy atom. The molecule has 2 heterocycles. The number of benzene rings is 2. The number of anilines is 1. The molecule has 2 aromatic carbocycles. The molecule has 0 saturated carbocycles. The number of allylic oxidation sites excluding steroid dienone is 3. The van der Waals surface area contributed by atoms with Crippen molar-refractivity contribution in [2.24, 2.45) is 11.5 Å².